The molecule has 2 aromatic carbocycles. The number of nitrogens with zero attached hydrogens (tertiary/aromatic N) is 2. The topological polar surface area (TPSA) is 87.3 Å². The van der Waals surface area contributed by atoms with Gasteiger partial charge in [0, 0.05) is 35.8 Å². The predicted octanol–water partition coefficient (Wildman–Crippen LogP) is 5.06. The van der Waals surface area contributed by atoms with Crippen molar-refractivity contribution in [3.05, 3.63) is 114 Å². The minimum atomic E-state index is -0.351. The summed E-state index contributed by atoms with van der Waals surface area (Å²) in [5.41, 5.74) is 3.05. The van der Waals surface area contributed by atoms with Crippen LogP contribution in [0.3, 0.4) is 0 Å². The second-order valence-corrected chi connectivity index (χ2v) is 8.30. The van der Waals surface area contributed by atoms with Gasteiger partial charge in [-0.2, -0.15) is 0 Å². The number of carbonyl (C=O) groups is 1. The highest BCUT2D eigenvalue weighted by Crippen LogP contribution is 2.20. The fourth-order valence-electron chi connectivity index (χ4n) is 4.05. The first-order valence-corrected chi connectivity index (χ1v) is 11.4. The van der Waals surface area contributed by atoms with Crippen molar-refractivity contribution in [2.45, 2.75) is 26.1 Å². The highest BCUT2D eigenvalue weighted by molar-refractivity contribution is 5.91. The summed E-state index contributed by atoms with van der Waals surface area (Å²) in [6.07, 6.45) is 5.66. The number of furan rings is 1. The fraction of sp³-hybridized carbons (Fsp3) is 0.185. The van der Waals surface area contributed by atoms with E-state index in [1.807, 2.05) is 30.5 Å². The maximum absolute atomic E-state index is 14.4. The van der Waals surface area contributed by atoms with Crippen molar-refractivity contribution in [1.82, 2.24) is 20.2 Å². The minimum Gasteiger partial charge on any atom is -0.467 e. The molecule has 0 atom stereocenters. The zero-order valence-corrected chi connectivity index (χ0v) is 19.0. The molecule has 3 heterocycles. The Kier molecular flexibility index (Phi) is 6.72. The summed E-state index contributed by atoms with van der Waals surface area (Å²) in [5, 5.41) is 3.93. The molecule has 5 aromatic rings. The zero-order chi connectivity index (χ0) is 24.0. The van der Waals surface area contributed by atoms with Crippen LogP contribution in [0.1, 0.15) is 33.3 Å². The third-order valence-corrected chi connectivity index (χ3v) is 5.87. The number of rotatable bonds is 10. The molecule has 35 heavy (non-hydrogen) atoms. The van der Waals surface area contributed by atoms with Crippen molar-refractivity contribution < 1.29 is 18.0 Å². The van der Waals surface area contributed by atoms with Gasteiger partial charge < -0.3 is 19.1 Å². The van der Waals surface area contributed by atoms with E-state index in [2.05, 4.69) is 26.3 Å². The van der Waals surface area contributed by atoms with Gasteiger partial charge in [0.1, 0.15) is 17.8 Å². The SMILES string of the molecule is O=C(NCc1ccco1)c1coc(CN(CCc2c[nH]c3ccccc23)Cc2ccccc2F)n1. The van der Waals surface area contributed by atoms with Gasteiger partial charge in [0.05, 0.1) is 19.4 Å². The van der Waals surface area contributed by atoms with Crippen LogP contribution < -0.4 is 5.32 Å². The molecule has 0 aliphatic carbocycles. The van der Waals surface area contributed by atoms with Gasteiger partial charge in [-0.05, 0) is 36.2 Å². The number of benzene rings is 2. The van der Waals surface area contributed by atoms with E-state index < -0.39 is 0 Å². The lowest BCUT2D eigenvalue weighted by atomic mass is 10.1. The van der Waals surface area contributed by atoms with E-state index in [4.69, 9.17) is 8.83 Å². The number of nitrogens with one attached hydrogen (secondary N) is 2. The largest absolute Gasteiger partial charge is 0.467 e. The third kappa shape index (κ3) is 5.50. The lowest BCUT2D eigenvalue weighted by Crippen LogP contribution is -2.26. The summed E-state index contributed by atoms with van der Waals surface area (Å²) in [7, 11) is 0. The molecule has 0 saturated heterocycles. The number of amides is 1. The van der Waals surface area contributed by atoms with Crippen LogP contribution in [0.2, 0.25) is 0 Å². The Hall–Kier alpha value is -4.17. The standard InChI is InChI=1S/C27H25FN4O3/c28-23-9-3-1-6-20(23)16-32(12-11-19-14-29-24-10-4-2-8-22(19)24)17-26-31-25(18-35-26)27(33)30-15-21-7-5-13-34-21/h1-10,13-14,18,29H,11-12,15-17H2,(H,30,33). The van der Waals surface area contributed by atoms with Crippen molar-refractivity contribution in [3.63, 3.8) is 0 Å². The van der Waals surface area contributed by atoms with E-state index in [0.717, 1.165) is 11.9 Å². The van der Waals surface area contributed by atoms with Gasteiger partial charge in [0.15, 0.2) is 5.69 Å². The summed E-state index contributed by atoms with van der Waals surface area (Å²) >= 11 is 0. The van der Waals surface area contributed by atoms with Crippen LogP contribution in [0.5, 0.6) is 0 Å². The van der Waals surface area contributed by atoms with E-state index >= 15 is 0 Å². The van der Waals surface area contributed by atoms with E-state index in [1.165, 1.54) is 23.3 Å². The number of aromatic nitrogens is 2. The van der Waals surface area contributed by atoms with Crippen LogP contribution in [0.15, 0.2) is 88.2 Å². The number of oxazole rings is 1. The Balaban J connectivity index is 1.28. The van der Waals surface area contributed by atoms with E-state index in [-0.39, 0.29) is 24.0 Å². The Morgan fingerprint density at radius 2 is 1.86 bits per heavy atom. The molecule has 5 rings (SSSR count). The number of hydrogen-bond acceptors (Lipinski definition) is 5. The molecule has 8 heteroatoms. The number of H-pyrrole nitrogens is 1. The Bertz CT molecular complexity index is 1410. The second-order valence-electron chi connectivity index (χ2n) is 8.30. The van der Waals surface area contributed by atoms with Gasteiger partial charge in [-0.1, -0.05) is 36.4 Å². The summed E-state index contributed by atoms with van der Waals surface area (Å²) in [4.78, 5) is 22.2. The maximum atomic E-state index is 14.4. The molecule has 0 aliphatic heterocycles. The summed E-state index contributed by atoms with van der Waals surface area (Å²) in [6, 6.07) is 18.4. The average Bonchev–Trinajstić information content (AvgIpc) is 3.64. The maximum Gasteiger partial charge on any atom is 0.273 e. The Morgan fingerprint density at radius 1 is 1.00 bits per heavy atom. The van der Waals surface area contributed by atoms with Crippen molar-refractivity contribution in [2.75, 3.05) is 6.54 Å². The van der Waals surface area contributed by atoms with Gasteiger partial charge >= 0.3 is 0 Å². The second kappa shape index (κ2) is 10.4. The number of hydrogen-bond donors (Lipinski definition) is 2. The number of para-hydroxylation sites is 1. The number of halogens is 1. The van der Waals surface area contributed by atoms with E-state index in [0.29, 0.717) is 36.8 Å². The fourth-order valence-corrected chi connectivity index (χ4v) is 4.05. The molecule has 0 radical (unpaired) electrons. The molecule has 2 N–H and O–H groups in total. The number of fused-ring (bicyclic) bond motifs is 1. The highest BCUT2D eigenvalue weighted by atomic mass is 19.1. The predicted molar refractivity (Wildman–Crippen MR) is 129 cm³/mol. The van der Waals surface area contributed by atoms with Gasteiger partial charge in [-0.15, -0.1) is 0 Å². The average molecular weight is 473 g/mol. The van der Waals surface area contributed by atoms with Crippen LogP contribution in [0, 0.1) is 5.82 Å². The normalized spacial score (nSPS) is 11.4. The first-order chi connectivity index (χ1) is 17.2. The molecule has 3 aromatic heterocycles. The molecule has 0 bridgehead atoms. The first kappa shape index (κ1) is 22.6. The third-order valence-electron chi connectivity index (χ3n) is 5.87. The molecule has 0 saturated carbocycles. The van der Waals surface area contributed by atoms with Gasteiger partial charge in [0.25, 0.3) is 5.91 Å². The van der Waals surface area contributed by atoms with Gasteiger partial charge in [0.2, 0.25) is 5.89 Å². The Morgan fingerprint density at radius 3 is 2.71 bits per heavy atom. The molecular weight excluding hydrogens is 447 g/mol. The Labute approximate surface area is 201 Å². The zero-order valence-electron chi connectivity index (χ0n) is 19.0. The van der Waals surface area contributed by atoms with E-state index in [9.17, 15) is 9.18 Å². The smallest absolute Gasteiger partial charge is 0.273 e. The lowest BCUT2D eigenvalue weighted by Gasteiger charge is -2.21. The summed E-state index contributed by atoms with van der Waals surface area (Å²) in [5.74, 6) is 0.435. The molecular formula is C27H25FN4O3. The van der Waals surface area contributed by atoms with Crippen LogP contribution in [-0.2, 0) is 26.1 Å². The molecule has 1 amide bonds. The van der Waals surface area contributed by atoms with Crippen LogP contribution in [0.4, 0.5) is 4.39 Å². The highest BCUT2D eigenvalue weighted by Gasteiger charge is 2.17. The molecule has 178 valence electrons. The van der Waals surface area contributed by atoms with Gasteiger partial charge in [-0.25, -0.2) is 9.37 Å². The van der Waals surface area contributed by atoms with Gasteiger partial charge in [-0.3, -0.25) is 9.69 Å². The van der Waals surface area contributed by atoms with Crippen LogP contribution >= 0.6 is 0 Å². The summed E-state index contributed by atoms with van der Waals surface area (Å²) < 4.78 is 25.2. The van der Waals surface area contributed by atoms with Crippen molar-refractivity contribution in [3.8, 4) is 0 Å². The molecule has 0 aliphatic rings. The molecule has 7 nitrogen and oxygen atoms in total. The van der Waals surface area contributed by atoms with Crippen LogP contribution in [-0.4, -0.2) is 27.3 Å². The number of carbonyl (C=O) groups excluding carboxylic acids is 1. The van der Waals surface area contributed by atoms with Crippen molar-refractivity contribution in [1.29, 1.82) is 0 Å². The van der Waals surface area contributed by atoms with Crippen molar-refractivity contribution in [2.24, 2.45) is 0 Å². The monoisotopic (exact) mass is 472 g/mol. The van der Waals surface area contributed by atoms with Crippen molar-refractivity contribution >= 4 is 16.8 Å². The minimum absolute atomic E-state index is 0.189. The first-order valence-electron chi connectivity index (χ1n) is 11.4. The lowest BCUT2D eigenvalue weighted by molar-refractivity contribution is 0.0943. The number of aromatic amines is 1. The van der Waals surface area contributed by atoms with Crippen LogP contribution in [0.25, 0.3) is 10.9 Å². The van der Waals surface area contributed by atoms with E-state index in [1.54, 1.807) is 30.5 Å². The molecule has 0 fully saturated rings. The molecule has 0 unspecified atom stereocenters. The quantitative estimate of drug-likeness (QED) is 0.297. The summed E-state index contributed by atoms with van der Waals surface area (Å²) in [6.45, 7) is 1.64. The molecule has 0 spiro atoms.